The molecule has 1 N–H and O–H groups in total. The topological polar surface area (TPSA) is 41.6 Å². The fraction of sp³-hybridized carbons (Fsp3) is 0.917. The highest BCUT2D eigenvalue weighted by Gasteiger charge is 2.29. The molecule has 2 saturated heterocycles. The van der Waals surface area contributed by atoms with Gasteiger partial charge in [0.25, 0.3) is 0 Å². The van der Waals surface area contributed by atoms with E-state index in [1.165, 1.54) is 5.75 Å². The van der Waals surface area contributed by atoms with Crippen molar-refractivity contribution in [2.75, 3.05) is 38.2 Å². The Morgan fingerprint density at radius 2 is 2.41 bits per heavy atom. The van der Waals surface area contributed by atoms with Gasteiger partial charge in [-0.1, -0.05) is 0 Å². The van der Waals surface area contributed by atoms with E-state index in [9.17, 15) is 4.79 Å². The fourth-order valence-electron chi connectivity index (χ4n) is 2.48. The van der Waals surface area contributed by atoms with Crippen LogP contribution in [0.1, 0.15) is 19.3 Å². The Labute approximate surface area is 107 Å². The number of likely N-dealkylation sites (N-methyl/N-ethyl adjacent to an activating group) is 1. The van der Waals surface area contributed by atoms with Crippen LogP contribution >= 0.6 is 11.8 Å². The van der Waals surface area contributed by atoms with Crippen molar-refractivity contribution in [1.82, 2.24) is 10.2 Å². The van der Waals surface area contributed by atoms with E-state index in [4.69, 9.17) is 4.74 Å². The first kappa shape index (κ1) is 13.2. The zero-order chi connectivity index (χ0) is 12.1. The van der Waals surface area contributed by atoms with E-state index in [0.717, 1.165) is 38.2 Å². The molecule has 0 aromatic heterocycles. The summed E-state index contributed by atoms with van der Waals surface area (Å²) in [6.45, 7) is 2.08. The SMILES string of the molecule is CNCC(=O)N(CC1CCCO1)C1CCSC1. The van der Waals surface area contributed by atoms with Crippen molar-refractivity contribution in [3.8, 4) is 0 Å². The van der Waals surface area contributed by atoms with E-state index in [1.54, 1.807) is 0 Å². The summed E-state index contributed by atoms with van der Waals surface area (Å²) in [5.41, 5.74) is 0. The molecule has 98 valence electrons. The maximum atomic E-state index is 12.1. The van der Waals surface area contributed by atoms with Gasteiger partial charge in [0.05, 0.1) is 12.6 Å². The molecule has 0 saturated carbocycles. The van der Waals surface area contributed by atoms with Crippen molar-refractivity contribution >= 4 is 17.7 Å². The van der Waals surface area contributed by atoms with Gasteiger partial charge in [-0.25, -0.2) is 0 Å². The smallest absolute Gasteiger partial charge is 0.236 e. The molecule has 1 amide bonds. The van der Waals surface area contributed by atoms with Gasteiger partial charge in [0.1, 0.15) is 0 Å². The monoisotopic (exact) mass is 258 g/mol. The molecular weight excluding hydrogens is 236 g/mol. The quantitative estimate of drug-likeness (QED) is 0.789. The van der Waals surface area contributed by atoms with Crippen molar-refractivity contribution < 1.29 is 9.53 Å². The first-order valence-corrected chi connectivity index (χ1v) is 7.60. The molecule has 17 heavy (non-hydrogen) atoms. The second-order valence-corrected chi connectivity index (χ2v) is 5.88. The summed E-state index contributed by atoms with van der Waals surface area (Å²) in [4.78, 5) is 14.2. The normalized spacial score (nSPS) is 28.5. The molecule has 4 nitrogen and oxygen atoms in total. The number of nitrogens with zero attached hydrogens (tertiary/aromatic N) is 1. The van der Waals surface area contributed by atoms with Crippen LogP contribution in [0.15, 0.2) is 0 Å². The highest BCUT2D eigenvalue weighted by Crippen LogP contribution is 2.24. The lowest BCUT2D eigenvalue weighted by molar-refractivity contribution is -0.133. The van der Waals surface area contributed by atoms with Crippen molar-refractivity contribution in [2.45, 2.75) is 31.4 Å². The average Bonchev–Trinajstić information content (AvgIpc) is 2.99. The summed E-state index contributed by atoms with van der Waals surface area (Å²) in [5.74, 6) is 2.48. The number of ether oxygens (including phenoxy) is 1. The molecule has 0 radical (unpaired) electrons. The molecule has 2 heterocycles. The zero-order valence-corrected chi connectivity index (χ0v) is 11.3. The Morgan fingerprint density at radius 3 is 3.00 bits per heavy atom. The third kappa shape index (κ3) is 3.60. The zero-order valence-electron chi connectivity index (χ0n) is 10.5. The van der Waals surface area contributed by atoms with Crippen LogP contribution in [-0.4, -0.2) is 61.2 Å². The number of hydrogen-bond acceptors (Lipinski definition) is 4. The van der Waals surface area contributed by atoms with E-state index in [-0.39, 0.29) is 12.0 Å². The number of carbonyl (C=O) groups is 1. The number of nitrogens with one attached hydrogen (secondary N) is 1. The van der Waals surface area contributed by atoms with Gasteiger partial charge in [-0.3, -0.25) is 4.79 Å². The highest BCUT2D eigenvalue weighted by molar-refractivity contribution is 7.99. The molecular formula is C12H22N2O2S. The molecule has 0 aromatic carbocycles. The van der Waals surface area contributed by atoms with E-state index >= 15 is 0 Å². The number of carbonyl (C=O) groups excluding carboxylic acids is 1. The first-order chi connectivity index (χ1) is 8.31. The Bertz CT molecular complexity index is 251. The molecule has 2 fully saturated rings. The van der Waals surface area contributed by atoms with Gasteiger partial charge in [0.15, 0.2) is 0 Å². The molecule has 5 heteroatoms. The molecule has 0 spiro atoms. The predicted molar refractivity (Wildman–Crippen MR) is 70.3 cm³/mol. The fourth-order valence-corrected chi connectivity index (χ4v) is 3.71. The molecule has 2 atom stereocenters. The Kier molecular flexibility index (Phi) is 5.13. The lowest BCUT2D eigenvalue weighted by Gasteiger charge is -2.30. The largest absolute Gasteiger partial charge is 0.376 e. The number of amides is 1. The van der Waals surface area contributed by atoms with Gasteiger partial charge >= 0.3 is 0 Å². The van der Waals surface area contributed by atoms with Crippen LogP contribution in [0.3, 0.4) is 0 Å². The van der Waals surface area contributed by atoms with E-state index < -0.39 is 0 Å². The van der Waals surface area contributed by atoms with Crippen LogP contribution in [0.4, 0.5) is 0 Å². The summed E-state index contributed by atoms with van der Waals surface area (Å²) < 4.78 is 5.65. The second-order valence-electron chi connectivity index (χ2n) is 4.73. The van der Waals surface area contributed by atoms with Crippen LogP contribution < -0.4 is 5.32 Å². The highest BCUT2D eigenvalue weighted by atomic mass is 32.2. The van der Waals surface area contributed by atoms with Crippen LogP contribution in [0, 0.1) is 0 Å². The first-order valence-electron chi connectivity index (χ1n) is 6.44. The van der Waals surface area contributed by atoms with Gasteiger partial charge in [-0.05, 0) is 32.1 Å². The molecule has 2 aliphatic heterocycles. The van der Waals surface area contributed by atoms with Gasteiger partial charge < -0.3 is 15.0 Å². The van der Waals surface area contributed by atoms with E-state index in [0.29, 0.717) is 12.6 Å². The standard InChI is InChI=1S/C12H22N2O2S/c1-13-7-12(15)14(10-4-6-17-9-10)8-11-3-2-5-16-11/h10-11,13H,2-9H2,1H3. The van der Waals surface area contributed by atoms with Crippen molar-refractivity contribution in [2.24, 2.45) is 0 Å². The minimum atomic E-state index is 0.218. The Hall–Kier alpha value is -0.260. The minimum Gasteiger partial charge on any atom is -0.376 e. The van der Waals surface area contributed by atoms with Crippen LogP contribution in [-0.2, 0) is 9.53 Å². The third-order valence-corrected chi connectivity index (χ3v) is 4.56. The van der Waals surface area contributed by atoms with Crippen LogP contribution in [0.2, 0.25) is 0 Å². The lowest BCUT2D eigenvalue weighted by atomic mass is 10.1. The van der Waals surface area contributed by atoms with Gasteiger partial charge in [0, 0.05) is 24.9 Å². The maximum Gasteiger partial charge on any atom is 0.236 e. The second kappa shape index (κ2) is 6.61. The van der Waals surface area contributed by atoms with Crippen LogP contribution in [0.5, 0.6) is 0 Å². The summed E-state index contributed by atoms with van der Waals surface area (Å²) in [7, 11) is 1.82. The number of rotatable bonds is 5. The predicted octanol–water partition coefficient (Wildman–Crippen LogP) is 0.719. The molecule has 2 unspecified atom stereocenters. The number of hydrogen-bond donors (Lipinski definition) is 1. The van der Waals surface area contributed by atoms with E-state index in [1.807, 2.05) is 23.7 Å². The summed E-state index contributed by atoms with van der Waals surface area (Å²) in [6.07, 6.45) is 3.63. The maximum absolute atomic E-state index is 12.1. The van der Waals surface area contributed by atoms with E-state index in [2.05, 4.69) is 5.32 Å². The lowest BCUT2D eigenvalue weighted by Crippen LogP contribution is -2.47. The molecule has 0 bridgehead atoms. The molecule has 0 aliphatic carbocycles. The van der Waals surface area contributed by atoms with Crippen molar-refractivity contribution in [1.29, 1.82) is 0 Å². The minimum absolute atomic E-state index is 0.218. The van der Waals surface area contributed by atoms with Crippen LogP contribution in [0.25, 0.3) is 0 Å². The summed E-state index contributed by atoms with van der Waals surface area (Å²) in [6, 6.07) is 0.421. The molecule has 2 aliphatic rings. The third-order valence-electron chi connectivity index (χ3n) is 3.42. The van der Waals surface area contributed by atoms with Gasteiger partial charge in [-0.2, -0.15) is 11.8 Å². The summed E-state index contributed by atoms with van der Waals surface area (Å²) >= 11 is 1.95. The average molecular weight is 258 g/mol. The Balaban J connectivity index is 1.92. The molecule has 2 rings (SSSR count). The van der Waals surface area contributed by atoms with Crippen molar-refractivity contribution in [3.63, 3.8) is 0 Å². The number of thioether (sulfide) groups is 1. The molecule has 0 aromatic rings. The van der Waals surface area contributed by atoms with Crippen molar-refractivity contribution in [3.05, 3.63) is 0 Å². The van der Waals surface area contributed by atoms with Gasteiger partial charge in [-0.15, -0.1) is 0 Å². The Morgan fingerprint density at radius 1 is 1.53 bits per heavy atom. The summed E-state index contributed by atoms with van der Waals surface area (Å²) in [5, 5.41) is 2.96. The van der Waals surface area contributed by atoms with Gasteiger partial charge in [0.2, 0.25) is 5.91 Å².